The lowest BCUT2D eigenvalue weighted by Crippen LogP contribution is -2.01. The molecular formula is C11H13ClN2O2. The largest absolute Gasteiger partial charge is 0.384 e. The van der Waals surface area contributed by atoms with Gasteiger partial charge in [-0.2, -0.15) is 0 Å². The second-order valence-corrected chi connectivity index (χ2v) is 3.61. The molecule has 0 heterocycles. The molecule has 4 nitrogen and oxygen atoms in total. The van der Waals surface area contributed by atoms with Crippen molar-refractivity contribution in [1.29, 1.82) is 0 Å². The first-order valence-corrected chi connectivity index (χ1v) is 5.32. The van der Waals surface area contributed by atoms with E-state index in [1.807, 2.05) is 19.1 Å². The van der Waals surface area contributed by atoms with Crippen molar-refractivity contribution >= 4 is 23.0 Å². The summed E-state index contributed by atoms with van der Waals surface area (Å²) < 4.78 is 0. The van der Waals surface area contributed by atoms with Crippen molar-refractivity contribution in [2.24, 2.45) is 0 Å². The average molecular weight is 241 g/mol. The molecule has 1 rings (SSSR count). The topological polar surface area (TPSA) is 55.2 Å². The Morgan fingerprint density at radius 2 is 2.31 bits per heavy atom. The van der Waals surface area contributed by atoms with Gasteiger partial charge < -0.3 is 5.32 Å². The third-order valence-corrected chi connectivity index (χ3v) is 2.34. The molecule has 0 amide bonds. The first-order chi connectivity index (χ1) is 7.65. The van der Waals surface area contributed by atoms with Crippen LogP contribution in [0, 0.1) is 10.1 Å². The quantitative estimate of drug-likeness (QED) is 0.370. The second kappa shape index (κ2) is 6.12. The van der Waals surface area contributed by atoms with Crippen LogP contribution in [-0.4, -0.2) is 11.5 Å². The predicted molar refractivity (Wildman–Crippen MR) is 66.0 cm³/mol. The van der Waals surface area contributed by atoms with Crippen LogP contribution >= 0.6 is 11.6 Å². The van der Waals surface area contributed by atoms with Crippen molar-refractivity contribution < 1.29 is 4.92 Å². The molecular weight excluding hydrogens is 228 g/mol. The van der Waals surface area contributed by atoms with Crippen molar-refractivity contribution in [3.8, 4) is 0 Å². The van der Waals surface area contributed by atoms with E-state index in [-0.39, 0.29) is 5.69 Å². The van der Waals surface area contributed by atoms with Crippen LogP contribution in [-0.2, 0) is 0 Å². The Morgan fingerprint density at radius 1 is 1.56 bits per heavy atom. The number of nitro benzene ring substituents is 1. The molecule has 0 bridgehead atoms. The van der Waals surface area contributed by atoms with E-state index in [0.29, 0.717) is 5.02 Å². The zero-order valence-corrected chi connectivity index (χ0v) is 9.70. The Bertz CT molecular complexity index is 405. The number of anilines is 1. The lowest BCUT2D eigenvalue weighted by molar-refractivity contribution is -0.384. The second-order valence-electron chi connectivity index (χ2n) is 3.21. The monoisotopic (exact) mass is 240 g/mol. The molecule has 1 aromatic carbocycles. The Hall–Kier alpha value is -1.55. The molecule has 0 spiro atoms. The molecule has 16 heavy (non-hydrogen) atoms. The summed E-state index contributed by atoms with van der Waals surface area (Å²) in [5.41, 5.74) is 0.723. The SMILES string of the molecule is C/C=C/CCNc1ccc([N+](=O)[O-])cc1Cl. The van der Waals surface area contributed by atoms with Gasteiger partial charge in [0.25, 0.3) is 5.69 Å². The van der Waals surface area contributed by atoms with Gasteiger partial charge in [0, 0.05) is 18.7 Å². The maximum absolute atomic E-state index is 10.5. The molecule has 0 atom stereocenters. The molecule has 0 aliphatic carbocycles. The molecule has 0 saturated carbocycles. The fraction of sp³-hybridized carbons (Fsp3) is 0.273. The minimum Gasteiger partial charge on any atom is -0.384 e. The number of nitrogens with one attached hydrogen (secondary N) is 1. The van der Waals surface area contributed by atoms with Crippen molar-refractivity contribution in [2.75, 3.05) is 11.9 Å². The number of nitrogens with zero attached hydrogens (tertiary/aromatic N) is 1. The van der Waals surface area contributed by atoms with Crippen LogP contribution in [0.3, 0.4) is 0 Å². The van der Waals surface area contributed by atoms with Gasteiger partial charge in [0.15, 0.2) is 0 Å². The first-order valence-electron chi connectivity index (χ1n) is 4.94. The Morgan fingerprint density at radius 3 is 2.88 bits per heavy atom. The van der Waals surface area contributed by atoms with Crippen molar-refractivity contribution in [2.45, 2.75) is 13.3 Å². The summed E-state index contributed by atoms with van der Waals surface area (Å²) in [7, 11) is 0. The van der Waals surface area contributed by atoms with E-state index in [1.165, 1.54) is 12.1 Å². The van der Waals surface area contributed by atoms with Crippen LogP contribution in [0.4, 0.5) is 11.4 Å². The Kier molecular flexibility index (Phi) is 4.79. The van der Waals surface area contributed by atoms with Crippen LogP contribution in [0.2, 0.25) is 5.02 Å². The molecule has 1 N–H and O–H groups in total. The molecule has 0 aromatic heterocycles. The average Bonchev–Trinajstić information content (AvgIpc) is 2.26. The van der Waals surface area contributed by atoms with E-state index in [9.17, 15) is 10.1 Å². The number of rotatable bonds is 5. The smallest absolute Gasteiger partial charge is 0.271 e. The normalized spacial score (nSPS) is 10.6. The third-order valence-electron chi connectivity index (χ3n) is 2.03. The molecule has 0 radical (unpaired) electrons. The summed E-state index contributed by atoms with van der Waals surface area (Å²) in [6.45, 7) is 2.71. The van der Waals surface area contributed by atoms with Gasteiger partial charge >= 0.3 is 0 Å². The third kappa shape index (κ3) is 3.55. The number of allylic oxidation sites excluding steroid dienone is 1. The van der Waals surface area contributed by atoms with Gasteiger partial charge in [0.1, 0.15) is 0 Å². The van der Waals surface area contributed by atoms with Crippen molar-refractivity contribution in [1.82, 2.24) is 0 Å². The van der Waals surface area contributed by atoms with Crippen LogP contribution in [0.5, 0.6) is 0 Å². The molecule has 86 valence electrons. The zero-order chi connectivity index (χ0) is 12.0. The van der Waals surface area contributed by atoms with Crippen molar-refractivity contribution in [3.63, 3.8) is 0 Å². The van der Waals surface area contributed by atoms with E-state index >= 15 is 0 Å². The van der Waals surface area contributed by atoms with Gasteiger partial charge in [-0.05, 0) is 19.4 Å². The van der Waals surface area contributed by atoms with E-state index in [1.54, 1.807) is 6.07 Å². The predicted octanol–water partition coefficient (Wildman–Crippen LogP) is 3.63. The van der Waals surface area contributed by atoms with Gasteiger partial charge in [-0.3, -0.25) is 10.1 Å². The molecule has 0 aliphatic rings. The molecule has 0 unspecified atom stereocenters. The summed E-state index contributed by atoms with van der Waals surface area (Å²) in [5, 5.41) is 14.0. The van der Waals surface area contributed by atoms with E-state index in [4.69, 9.17) is 11.6 Å². The highest BCUT2D eigenvalue weighted by molar-refractivity contribution is 6.33. The van der Waals surface area contributed by atoms with E-state index in [0.717, 1.165) is 18.7 Å². The van der Waals surface area contributed by atoms with Crippen molar-refractivity contribution in [3.05, 3.63) is 45.5 Å². The van der Waals surface area contributed by atoms with Crippen LogP contribution in [0.25, 0.3) is 0 Å². The maximum Gasteiger partial charge on any atom is 0.271 e. The summed E-state index contributed by atoms with van der Waals surface area (Å²) in [4.78, 5) is 10.0. The standard InChI is InChI=1S/C11H13ClN2O2/c1-2-3-4-7-13-11-6-5-9(14(15)16)8-10(11)12/h2-3,5-6,8,13H,4,7H2,1H3/b3-2+. The highest BCUT2D eigenvalue weighted by atomic mass is 35.5. The zero-order valence-electron chi connectivity index (χ0n) is 8.94. The minimum absolute atomic E-state index is 0.00371. The molecule has 0 aliphatic heterocycles. The van der Waals surface area contributed by atoms with E-state index < -0.39 is 4.92 Å². The van der Waals surface area contributed by atoms with Gasteiger partial charge in [0.2, 0.25) is 0 Å². The van der Waals surface area contributed by atoms with Crippen LogP contribution in [0.15, 0.2) is 30.4 Å². The molecule has 0 fully saturated rings. The lowest BCUT2D eigenvalue weighted by Gasteiger charge is -2.06. The number of benzene rings is 1. The summed E-state index contributed by atoms with van der Waals surface area (Å²) in [6, 6.07) is 4.40. The molecule has 5 heteroatoms. The van der Waals surface area contributed by atoms with Gasteiger partial charge in [-0.1, -0.05) is 23.8 Å². The Balaban J connectivity index is 2.64. The maximum atomic E-state index is 10.5. The molecule has 0 saturated heterocycles. The van der Waals surface area contributed by atoms with Gasteiger partial charge in [0.05, 0.1) is 15.6 Å². The number of nitro groups is 1. The highest BCUT2D eigenvalue weighted by Crippen LogP contribution is 2.26. The number of halogens is 1. The molecule has 1 aromatic rings. The van der Waals surface area contributed by atoms with Crippen LogP contribution < -0.4 is 5.32 Å². The van der Waals surface area contributed by atoms with Crippen LogP contribution in [0.1, 0.15) is 13.3 Å². The first kappa shape index (κ1) is 12.5. The lowest BCUT2D eigenvalue weighted by atomic mass is 10.2. The fourth-order valence-electron chi connectivity index (χ4n) is 1.22. The summed E-state index contributed by atoms with van der Waals surface area (Å²) >= 11 is 5.90. The Labute approximate surface area is 99.1 Å². The number of hydrogen-bond donors (Lipinski definition) is 1. The summed E-state index contributed by atoms with van der Waals surface area (Å²) in [5.74, 6) is 0. The van der Waals surface area contributed by atoms with Gasteiger partial charge in [-0.25, -0.2) is 0 Å². The minimum atomic E-state index is -0.463. The highest BCUT2D eigenvalue weighted by Gasteiger charge is 2.08. The fourth-order valence-corrected chi connectivity index (χ4v) is 1.46. The summed E-state index contributed by atoms with van der Waals surface area (Å²) in [6.07, 6.45) is 4.90. The van der Waals surface area contributed by atoms with E-state index in [2.05, 4.69) is 5.32 Å². The number of non-ortho nitro benzene ring substituents is 1. The van der Waals surface area contributed by atoms with Gasteiger partial charge in [-0.15, -0.1) is 0 Å². The number of hydrogen-bond acceptors (Lipinski definition) is 3.